The predicted octanol–water partition coefficient (Wildman–Crippen LogP) is 5.19. The molecule has 1 fully saturated rings. The van der Waals surface area contributed by atoms with Crippen molar-refractivity contribution in [2.75, 3.05) is 0 Å². The molecule has 2 aliphatic rings. The van der Waals surface area contributed by atoms with E-state index in [1.165, 1.54) is 29.3 Å². The van der Waals surface area contributed by atoms with E-state index in [2.05, 4.69) is 38.3 Å². The van der Waals surface area contributed by atoms with E-state index in [1.807, 2.05) is 19.1 Å². The van der Waals surface area contributed by atoms with E-state index in [1.54, 1.807) is 11.3 Å². The lowest BCUT2D eigenvalue weighted by atomic mass is 10.0. The van der Waals surface area contributed by atoms with Gasteiger partial charge in [-0.1, -0.05) is 30.0 Å². The van der Waals surface area contributed by atoms with Gasteiger partial charge in [-0.3, -0.25) is 9.36 Å². The van der Waals surface area contributed by atoms with Gasteiger partial charge in [0.2, 0.25) is 0 Å². The zero-order chi connectivity index (χ0) is 18.4. The molecule has 0 unspecified atom stereocenters. The number of benzene rings is 1. The number of Topliss-reactive ketones (excluding diaryl/α,β-unsaturated/α-hetero) is 1. The Kier molecular flexibility index (Phi) is 4.40. The first-order valence-corrected chi connectivity index (χ1v) is 11.3. The van der Waals surface area contributed by atoms with Crippen LogP contribution in [0.2, 0.25) is 0 Å². The van der Waals surface area contributed by atoms with Gasteiger partial charge in [0, 0.05) is 11.6 Å². The van der Waals surface area contributed by atoms with Crippen LogP contribution in [0.3, 0.4) is 0 Å². The quantitative estimate of drug-likeness (QED) is 0.425. The number of ketones is 1. The molecule has 138 valence electrons. The van der Waals surface area contributed by atoms with Gasteiger partial charge in [-0.2, -0.15) is 0 Å². The van der Waals surface area contributed by atoms with Gasteiger partial charge in [0.1, 0.15) is 0 Å². The van der Waals surface area contributed by atoms with Gasteiger partial charge in [0.25, 0.3) is 0 Å². The summed E-state index contributed by atoms with van der Waals surface area (Å²) < 4.78 is 2.24. The summed E-state index contributed by atoms with van der Waals surface area (Å²) in [5.41, 5.74) is 3.58. The van der Waals surface area contributed by atoms with Crippen LogP contribution in [-0.2, 0) is 12.8 Å². The first kappa shape index (κ1) is 17.2. The summed E-state index contributed by atoms with van der Waals surface area (Å²) in [6.07, 6.45) is 5.77. The van der Waals surface area contributed by atoms with Crippen LogP contribution < -0.4 is 0 Å². The highest BCUT2D eigenvalue weighted by molar-refractivity contribution is 8.00. The summed E-state index contributed by atoms with van der Waals surface area (Å²) in [6.45, 7) is 1.98. The van der Waals surface area contributed by atoms with E-state index < -0.39 is 0 Å². The van der Waals surface area contributed by atoms with Crippen molar-refractivity contribution in [3.63, 3.8) is 0 Å². The summed E-state index contributed by atoms with van der Waals surface area (Å²) in [7, 11) is 0. The molecule has 1 aromatic carbocycles. The first-order chi connectivity index (χ1) is 13.2. The van der Waals surface area contributed by atoms with Gasteiger partial charge in [-0.05, 0) is 67.7 Å². The Morgan fingerprint density at radius 2 is 2.07 bits per heavy atom. The minimum absolute atomic E-state index is 0.178. The second-order valence-electron chi connectivity index (χ2n) is 7.35. The van der Waals surface area contributed by atoms with E-state index >= 15 is 0 Å². The van der Waals surface area contributed by atoms with Crippen LogP contribution in [0.1, 0.15) is 53.7 Å². The maximum absolute atomic E-state index is 13.0. The maximum Gasteiger partial charge on any atom is 0.192 e. The zero-order valence-electron chi connectivity index (χ0n) is 15.2. The minimum Gasteiger partial charge on any atom is -0.298 e. The van der Waals surface area contributed by atoms with Crippen molar-refractivity contribution in [3.8, 4) is 10.7 Å². The Bertz CT molecular complexity index is 989. The Balaban J connectivity index is 1.39. The number of rotatable bonds is 6. The van der Waals surface area contributed by atoms with E-state index in [0.29, 0.717) is 6.04 Å². The summed E-state index contributed by atoms with van der Waals surface area (Å²) in [6, 6.07) is 10.8. The maximum atomic E-state index is 13.0. The van der Waals surface area contributed by atoms with Crippen LogP contribution in [0.15, 0.2) is 40.9 Å². The zero-order valence-corrected chi connectivity index (χ0v) is 16.9. The molecule has 0 spiro atoms. The molecule has 2 aromatic heterocycles. The van der Waals surface area contributed by atoms with Crippen LogP contribution in [0.5, 0.6) is 0 Å². The third-order valence-electron chi connectivity index (χ3n) is 5.35. The van der Waals surface area contributed by atoms with Crippen LogP contribution in [0.4, 0.5) is 0 Å². The molecule has 0 bridgehead atoms. The molecule has 0 aliphatic heterocycles. The molecule has 6 heteroatoms. The lowest BCUT2D eigenvalue weighted by Gasteiger charge is -2.13. The molecule has 0 radical (unpaired) electrons. The predicted molar refractivity (Wildman–Crippen MR) is 110 cm³/mol. The molecule has 1 atom stereocenters. The van der Waals surface area contributed by atoms with Crippen molar-refractivity contribution in [1.82, 2.24) is 14.8 Å². The summed E-state index contributed by atoms with van der Waals surface area (Å²) >= 11 is 3.22. The standard InChI is InChI=1S/C21H21N3OS2/c1-13(19(25)16-8-7-14-4-2-5-15(14)12-16)27-21-23-22-20(18-6-3-11-26-18)24(21)17-9-10-17/h3,6-8,11-13,17H,2,4-5,9-10H2,1H3/t13-/m1/s1. The topological polar surface area (TPSA) is 47.8 Å². The number of carbonyl (C=O) groups is 1. The summed E-state index contributed by atoms with van der Waals surface area (Å²) in [5.74, 6) is 1.12. The van der Waals surface area contributed by atoms with Crippen molar-refractivity contribution in [2.45, 2.75) is 55.5 Å². The molecule has 4 nitrogen and oxygen atoms in total. The number of nitrogens with zero attached hydrogens (tertiary/aromatic N) is 3. The van der Waals surface area contributed by atoms with Crippen molar-refractivity contribution in [3.05, 3.63) is 52.4 Å². The molecule has 2 aliphatic carbocycles. The van der Waals surface area contributed by atoms with Gasteiger partial charge in [-0.15, -0.1) is 21.5 Å². The fourth-order valence-electron chi connectivity index (χ4n) is 3.76. The molecule has 27 heavy (non-hydrogen) atoms. The highest BCUT2D eigenvalue weighted by atomic mass is 32.2. The number of aromatic nitrogens is 3. The monoisotopic (exact) mass is 395 g/mol. The summed E-state index contributed by atoms with van der Waals surface area (Å²) in [4.78, 5) is 14.1. The van der Waals surface area contributed by atoms with E-state index in [9.17, 15) is 4.79 Å². The van der Waals surface area contributed by atoms with Crippen LogP contribution in [-0.4, -0.2) is 25.8 Å². The third-order valence-corrected chi connectivity index (χ3v) is 7.28. The van der Waals surface area contributed by atoms with Crippen LogP contribution in [0, 0.1) is 0 Å². The molecule has 0 saturated heterocycles. The Morgan fingerprint density at radius 3 is 2.85 bits per heavy atom. The average Bonchev–Trinajstić information content (AvgIpc) is 3.09. The van der Waals surface area contributed by atoms with Crippen molar-refractivity contribution in [1.29, 1.82) is 0 Å². The van der Waals surface area contributed by atoms with Crippen molar-refractivity contribution in [2.24, 2.45) is 0 Å². The molecule has 0 N–H and O–H groups in total. The third kappa shape index (κ3) is 3.25. The molecule has 3 aromatic rings. The van der Waals surface area contributed by atoms with Crippen molar-refractivity contribution < 1.29 is 4.79 Å². The SMILES string of the molecule is C[C@@H](Sc1nnc(-c2cccs2)n1C1CC1)C(=O)c1ccc2c(c1)CCC2. The second-order valence-corrected chi connectivity index (χ2v) is 9.60. The fourth-order valence-corrected chi connectivity index (χ4v) is 5.47. The first-order valence-electron chi connectivity index (χ1n) is 9.52. The molecular formula is C21H21N3OS2. The normalized spacial score (nSPS) is 17.1. The number of hydrogen-bond donors (Lipinski definition) is 0. The molecule has 0 amide bonds. The highest BCUT2D eigenvalue weighted by Crippen LogP contribution is 2.42. The Labute approximate surface area is 167 Å². The lowest BCUT2D eigenvalue weighted by molar-refractivity contribution is 0.0993. The molecule has 2 heterocycles. The Morgan fingerprint density at radius 1 is 1.22 bits per heavy atom. The number of thiophene rings is 1. The minimum atomic E-state index is -0.178. The lowest BCUT2D eigenvalue weighted by Crippen LogP contribution is -2.15. The number of hydrogen-bond acceptors (Lipinski definition) is 5. The number of aryl methyl sites for hydroxylation is 2. The highest BCUT2D eigenvalue weighted by Gasteiger charge is 2.32. The van der Waals surface area contributed by atoms with Crippen LogP contribution >= 0.6 is 23.1 Å². The molecular weight excluding hydrogens is 374 g/mol. The van der Waals surface area contributed by atoms with Gasteiger partial charge >= 0.3 is 0 Å². The molecule has 1 saturated carbocycles. The van der Waals surface area contributed by atoms with Crippen molar-refractivity contribution >= 4 is 28.9 Å². The van der Waals surface area contributed by atoms with E-state index in [4.69, 9.17) is 0 Å². The molecule has 5 rings (SSSR count). The number of thioether (sulfide) groups is 1. The fraction of sp³-hybridized carbons (Fsp3) is 0.381. The van der Waals surface area contributed by atoms with Crippen LogP contribution in [0.25, 0.3) is 10.7 Å². The van der Waals surface area contributed by atoms with Gasteiger partial charge < -0.3 is 0 Å². The average molecular weight is 396 g/mol. The smallest absolute Gasteiger partial charge is 0.192 e. The van der Waals surface area contributed by atoms with E-state index in [-0.39, 0.29) is 11.0 Å². The van der Waals surface area contributed by atoms with E-state index in [0.717, 1.165) is 47.1 Å². The van der Waals surface area contributed by atoms with Gasteiger partial charge in [0.15, 0.2) is 16.8 Å². The largest absolute Gasteiger partial charge is 0.298 e. The second kappa shape index (κ2) is 6.91. The van der Waals surface area contributed by atoms with Gasteiger partial charge in [0.05, 0.1) is 10.1 Å². The van der Waals surface area contributed by atoms with Gasteiger partial charge in [-0.25, -0.2) is 0 Å². The summed E-state index contributed by atoms with van der Waals surface area (Å²) in [5, 5.41) is 11.6. The number of fused-ring (bicyclic) bond motifs is 1. The number of carbonyl (C=O) groups excluding carboxylic acids is 1. The Hall–Kier alpha value is -1.92.